The number of anilines is 1. The highest BCUT2D eigenvalue weighted by Gasteiger charge is 2.38. The van der Waals surface area contributed by atoms with Crippen LogP contribution >= 0.6 is 0 Å². The number of carbonyl (C=O) groups is 2. The summed E-state index contributed by atoms with van der Waals surface area (Å²) in [5, 5.41) is 2.76. The molecular weight excluding hydrogens is 344 g/mol. The van der Waals surface area contributed by atoms with Crippen LogP contribution in [0.3, 0.4) is 0 Å². The number of hydrogen-bond acceptors (Lipinski definition) is 4. The minimum absolute atomic E-state index is 0.0982. The fraction of sp³-hybridized carbons (Fsp3) is 0.333. The summed E-state index contributed by atoms with van der Waals surface area (Å²) in [4.78, 5) is 26.1. The van der Waals surface area contributed by atoms with Gasteiger partial charge in [-0.05, 0) is 43.2 Å². The molecule has 3 rings (SSSR count). The Kier molecular flexibility index (Phi) is 5.64. The molecule has 27 heavy (non-hydrogen) atoms. The first-order valence-corrected chi connectivity index (χ1v) is 8.96. The molecule has 1 N–H and O–H groups in total. The van der Waals surface area contributed by atoms with E-state index in [0.717, 1.165) is 28.3 Å². The van der Waals surface area contributed by atoms with Gasteiger partial charge >= 0.3 is 0 Å². The van der Waals surface area contributed by atoms with Gasteiger partial charge in [-0.3, -0.25) is 9.59 Å². The summed E-state index contributed by atoms with van der Waals surface area (Å²) in [7, 11) is 1.62. The lowest BCUT2D eigenvalue weighted by Gasteiger charge is -2.19. The molecule has 6 heteroatoms. The van der Waals surface area contributed by atoms with Crippen molar-refractivity contribution >= 4 is 17.5 Å². The minimum atomic E-state index is -0.611. The smallest absolute Gasteiger partial charge is 0.254 e. The second kappa shape index (κ2) is 8.12. The molecule has 2 amide bonds. The summed E-state index contributed by atoms with van der Waals surface area (Å²) in [6.45, 7) is 4.42. The Bertz CT molecular complexity index is 833. The third-order valence-corrected chi connectivity index (χ3v) is 4.56. The monoisotopic (exact) mass is 368 g/mol. The highest BCUT2D eigenvalue weighted by molar-refractivity contribution is 6.06. The van der Waals surface area contributed by atoms with Gasteiger partial charge in [-0.15, -0.1) is 0 Å². The molecule has 1 heterocycles. The third kappa shape index (κ3) is 4.05. The molecule has 142 valence electrons. The molecule has 6 nitrogen and oxygen atoms in total. The van der Waals surface area contributed by atoms with Crippen molar-refractivity contribution in [3.8, 4) is 11.5 Å². The largest absolute Gasteiger partial charge is 0.497 e. The van der Waals surface area contributed by atoms with Crippen molar-refractivity contribution in [3.05, 3.63) is 53.6 Å². The zero-order valence-electron chi connectivity index (χ0n) is 15.8. The molecule has 1 aliphatic rings. The summed E-state index contributed by atoms with van der Waals surface area (Å²) in [5.74, 6) is 1.22. The number of amides is 2. The average molecular weight is 368 g/mol. The molecule has 0 aromatic heterocycles. The molecule has 1 unspecified atom stereocenters. The van der Waals surface area contributed by atoms with Crippen LogP contribution in [0.15, 0.2) is 42.5 Å². The van der Waals surface area contributed by atoms with Gasteiger partial charge in [-0.1, -0.05) is 18.2 Å². The second-order valence-electron chi connectivity index (χ2n) is 6.51. The predicted molar refractivity (Wildman–Crippen MR) is 103 cm³/mol. The normalized spacial score (nSPS) is 15.4. The Hall–Kier alpha value is -3.02. The van der Waals surface area contributed by atoms with Crippen LogP contribution in [0.5, 0.6) is 11.5 Å². The van der Waals surface area contributed by atoms with Gasteiger partial charge in [0.15, 0.2) is 0 Å². The van der Waals surface area contributed by atoms with E-state index in [4.69, 9.17) is 9.47 Å². The molecule has 1 atom stereocenters. The van der Waals surface area contributed by atoms with E-state index in [1.165, 1.54) is 6.92 Å². The molecule has 0 fully saturated rings. The van der Waals surface area contributed by atoms with Crippen molar-refractivity contribution in [2.75, 3.05) is 25.2 Å². The zero-order chi connectivity index (χ0) is 19.4. The third-order valence-electron chi connectivity index (χ3n) is 4.56. The molecule has 0 saturated carbocycles. The van der Waals surface area contributed by atoms with Gasteiger partial charge in [0.25, 0.3) is 5.91 Å². The standard InChI is InChI=1S/C21H24N2O4/c1-14-6-4-7-18-19(22-15(2)24)21(25)23(20(14)18)12-5-13-27-17-10-8-16(26-3)9-11-17/h4,6-11,19H,5,12-13H2,1-3H3,(H,22,24). The predicted octanol–water partition coefficient (Wildman–Crippen LogP) is 3.00. The number of para-hydroxylation sites is 1. The van der Waals surface area contributed by atoms with Crippen molar-refractivity contribution in [2.24, 2.45) is 0 Å². The summed E-state index contributed by atoms with van der Waals surface area (Å²) in [5.41, 5.74) is 2.77. The van der Waals surface area contributed by atoms with Crippen LogP contribution in [0.4, 0.5) is 5.69 Å². The fourth-order valence-electron chi connectivity index (χ4n) is 3.33. The minimum Gasteiger partial charge on any atom is -0.497 e. The Morgan fingerprint density at radius 2 is 1.85 bits per heavy atom. The van der Waals surface area contributed by atoms with Gasteiger partial charge in [-0.2, -0.15) is 0 Å². The quantitative estimate of drug-likeness (QED) is 0.763. The van der Waals surface area contributed by atoms with Gasteiger partial charge in [0, 0.05) is 19.0 Å². The van der Waals surface area contributed by atoms with Crippen LogP contribution in [0.1, 0.15) is 30.5 Å². The van der Waals surface area contributed by atoms with E-state index in [-0.39, 0.29) is 11.8 Å². The summed E-state index contributed by atoms with van der Waals surface area (Å²) in [6, 6.07) is 12.6. The Morgan fingerprint density at radius 3 is 2.52 bits per heavy atom. The number of nitrogens with one attached hydrogen (secondary N) is 1. The van der Waals surface area contributed by atoms with Crippen LogP contribution in [-0.2, 0) is 9.59 Å². The van der Waals surface area contributed by atoms with Crippen molar-refractivity contribution < 1.29 is 19.1 Å². The second-order valence-corrected chi connectivity index (χ2v) is 6.51. The van der Waals surface area contributed by atoms with E-state index in [9.17, 15) is 9.59 Å². The lowest BCUT2D eigenvalue weighted by atomic mass is 10.1. The topological polar surface area (TPSA) is 67.9 Å². The van der Waals surface area contributed by atoms with Crippen molar-refractivity contribution in [3.63, 3.8) is 0 Å². The Balaban J connectivity index is 1.64. The molecular formula is C21H24N2O4. The lowest BCUT2D eigenvalue weighted by molar-refractivity contribution is -0.126. The van der Waals surface area contributed by atoms with Crippen LogP contribution in [0.2, 0.25) is 0 Å². The molecule has 0 radical (unpaired) electrons. The number of rotatable bonds is 7. The van der Waals surface area contributed by atoms with E-state index in [1.54, 1.807) is 12.0 Å². The molecule has 0 saturated heterocycles. The molecule has 0 aliphatic carbocycles. The number of carbonyl (C=O) groups excluding carboxylic acids is 2. The summed E-state index contributed by atoms with van der Waals surface area (Å²) in [6.07, 6.45) is 0.679. The molecule has 1 aliphatic heterocycles. The number of methoxy groups -OCH3 is 1. The van der Waals surface area contributed by atoms with Gasteiger partial charge in [0.1, 0.15) is 17.5 Å². The van der Waals surface area contributed by atoms with Crippen LogP contribution in [0, 0.1) is 6.92 Å². The SMILES string of the molecule is COc1ccc(OCCCN2C(=O)C(NC(C)=O)c3cccc(C)c32)cc1. The summed E-state index contributed by atoms with van der Waals surface area (Å²) >= 11 is 0. The van der Waals surface area contributed by atoms with E-state index >= 15 is 0 Å². The molecule has 2 aromatic rings. The van der Waals surface area contributed by atoms with Gasteiger partial charge in [0.05, 0.1) is 19.4 Å². The number of hydrogen-bond donors (Lipinski definition) is 1. The van der Waals surface area contributed by atoms with Crippen LogP contribution in [-0.4, -0.2) is 32.1 Å². The molecule has 0 spiro atoms. The van der Waals surface area contributed by atoms with Gasteiger partial charge < -0.3 is 19.7 Å². The van der Waals surface area contributed by atoms with E-state index < -0.39 is 6.04 Å². The average Bonchev–Trinajstić information content (AvgIpc) is 2.92. The van der Waals surface area contributed by atoms with Crippen molar-refractivity contribution in [1.82, 2.24) is 5.32 Å². The highest BCUT2D eigenvalue weighted by Crippen LogP contribution is 2.38. The fourth-order valence-corrected chi connectivity index (χ4v) is 3.33. The maximum atomic E-state index is 12.8. The zero-order valence-corrected chi connectivity index (χ0v) is 15.8. The number of nitrogens with zero attached hydrogens (tertiary/aromatic N) is 1. The Labute approximate surface area is 159 Å². The van der Waals surface area contributed by atoms with Gasteiger partial charge in [-0.25, -0.2) is 0 Å². The Morgan fingerprint density at radius 1 is 1.15 bits per heavy atom. The van der Waals surface area contributed by atoms with E-state index in [1.807, 2.05) is 49.4 Å². The number of benzene rings is 2. The maximum absolute atomic E-state index is 12.8. The first-order chi connectivity index (χ1) is 13.0. The van der Waals surface area contributed by atoms with Crippen LogP contribution < -0.4 is 19.7 Å². The van der Waals surface area contributed by atoms with E-state index in [2.05, 4.69) is 5.32 Å². The van der Waals surface area contributed by atoms with Crippen molar-refractivity contribution in [2.45, 2.75) is 26.3 Å². The first-order valence-electron chi connectivity index (χ1n) is 8.96. The lowest BCUT2D eigenvalue weighted by Crippen LogP contribution is -2.37. The number of aryl methyl sites for hydroxylation is 1. The first kappa shape index (κ1) is 18.8. The van der Waals surface area contributed by atoms with Crippen molar-refractivity contribution in [1.29, 1.82) is 0 Å². The molecule has 0 bridgehead atoms. The summed E-state index contributed by atoms with van der Waals surface area (Å²) < 4.78 is 10.9. The number of ether oxygens (including phenoxy) is 2. The highest BCUT2D eigenvalue weighted by atomic mass is 16.5. The van der Waals surface area contributed by atoms with E-state index in [0.29, 0.717) is 19.6 Å². The van der Waals surface area contributed by atoms with Gasteiger partial charge in [0.2, 0.25) is 5.91 Å². The van der Waals surface area contributed by atoms with Crippen LogP contribution in [0.25, 0.3) is 0 Å². The molecule has 2 aromatic carbocycles. The number of fused-ring (bicyclic) bond motifs is 1. The maximum Gasteiger partial charge on any atom is 0.254 e.